The Bertz CT molecular complexity index is 240. The van der Waals surface area contributed by atoms with E-state index >= 15 is 0 Å². The zero-order valence-electron chi connectivity index (χ0n) is 11.4. The Hall–Kier alpha value is -0.220. The van der Waals surface area contributed by atoms with Crippen molar-refractivity contribution in [1.82, 2.24) is 10.2 Å². The van der Waals surface area contributed by atoms with Crippen LogP contribution >= 0.6 is 11.8 Å². The summed E-state index contributed by atoms with van der Waals surface area (Å²) in [4.78, 5) is 14.1. The first-order valence-corrected chi connectivity index (χ1v) is 8.01. The Kier molecular flexibility index (Phi) is 6.34. The van der Waals surface area contributed by atoms with Crippen molar-refractivity contribution in [2.45, 2.75) is 44.6 Å². The minimum absolute atomic E-state index is 0.204. The molecule has 1 aliphatic carbocycles. The fraction of sp³-hybridized carbons (Fsp3) is 0.923. The molecule has 0 atom stereocenters. The summed E-state index contributed by atoms with van der Waals surface area (Å²) in [6.45, 7) is 4.07. The summed E-state index contributed by atoms with van der Waals surface area (Å²) in [5.41, 5.74) is 0.226. The van der Waals surface area contributed by atoms with Gasteiger partial charge in [0, 0.05) is 24.3 Å². The lowest BCUT2D eigenvalue weighted by Gasteiger charge is -2.38. The molecule has 1 amide bonds. The van der Waals surface area contributed by atoms with Gasteiger partial charge in [-0.25, -0.2) is 0 Å². The third-order valence-corrected chi connectivity index (χ3v) is 4.58. The molecule has 1 aliphatic rings. The smallest absolute Gasteiger partial charge is 0.220 e. The molecule has 0 radical (unpaired) electrons. The van der Waals surface area contributed by atoms with E-state index in [-0.39, 0.29) is 11.4 Å². The Morgan fingerprint density at radius 3 is 2.59 bits per heavy atom. The molecule has 17 heavy (non-hydrogen) atoms. The molecule has 0 heterocycles. The Morgan fingerprint density at radius 2 is 2.06 bits per heavy atom. The van der Waals surface area contributed by atoms with E-state index in [1.165, 1.54) is 25.7 Å². The first-order chi connectivity index (χ1) is 8.14. The third kappa shape index (κ3) is 4.18. The molecule has 3 nitrogen and oxygen atoms in total. The van der Waals surface area contributed by atoms with Gasteiger partial charge in [0.15, 0.2) is 0 Å². The molecule has 4 heteroatoms. The predicted molar refractivity (Wildman–Crippen MR) is 75.5 cm³/mol. The van der Waals surface area contributed by atoms with Gasteiger partial charge >= 0.3 is 0 Å². The fourth-order valence-corrected chi connectivity index (χ4v) is 3.00. The first-order valence-electron chi connectivity index (χ1n) is 6.61. The van der Waals surface area contributed by atoms with Crippen molar-refractivity contribution in [3.05, 3.63) is 0 Å². The maximum atomic E-state index is 11.7. The largest absolute Gasteiger partial charge is 0.354 e. The van der Waals surface area contributed by atoms with E-state index in [2.05, 4.69) is 24.2 Å². The molecule has 1 rings (SSSR count). The molecule has 1 saturated carbocycles. The molecule has 1 fully saturated rings. The maximum absolute atomic E-state index is 11.7. The van der Waals surface area contributed by atoms with Gasteiger partial charge in [-0.3, -0.25) is 9.69 Å². The summed E-state index contributed by atoms with van der Waals surface area (Å²) >= 11 is 1.73. The van der Waals surface area contributed by atoms with Gasteiger partial charge in [0.05, 0.1) is 0 Å². The number of amides is 1. The van der Waals surface area contributed by atoms with Crippen LogP contribution in [0.25, 0.3) is 0 Å². The summed E-state index contributed by atoms with van der Waals surface area (Å²) in [5, 5.41) is 3.12. The van der Waals surface area contributed by atoms with Crippen molar-refractivity contribution >= 4 is 17.7 Å². The summed E-state index contributed by atoms with van der Waals surface area (Å²) < 4.78 is 0. The molecular weight excluding hydrogens is 232 g/mol. The molecule has 0 aromatic heterocycles. The van der Waals surface area contributed by atoms with Gasteiger partial charge in [0.2, 0.25) is 5.91 Å². The minimum Gasteiger partial charge on any atom is -0.354 e. The predicted octanol–water partition coefficient (Wildman–Crippen LogP) is 2.12. The monoisotopic (exact) mass is 258 g/mol. The number of carbonyl (C=O) groups is 1. The van der Waals surface area contributed by atoms with Crippen LogP contribution in [0, 0.1) is 0 Å². The molecule has 0 spiro atoms. The van der Waals surface area contributed by atoms with E-state index in [0.29, 0.717) is 6.42 Å². The van der Waals surface area contributed by atoms with Crippen molar-refractivity contribution in [3.63, 3.8) is 0 Å². The summed E-state index contributed by atoms with van der Waals surface area (Å²) in [7, 11) is 2.18. The second-order valence-corrected chi connectivity index (χ2v) is 5.95. The van der Waals surface area contributed by atoms with E-state index in [1.54, 1.807) is 11.8 Å². The molecule has 0 aromatic carbocycles. The number of hydrogen-bond acceptors (Lipinski definition) is 3. The van der Waals surface area contributed by atoms with Gasteiger partial charge in [0.1, 0.15) is 0 Å². The van der Waals surface area contributed by atoms with Crippen LogP contribution in [0.1, 0.15) is 39.0 Å². The van der Waals surface area contributed by atoms with Gasteiger partial charge in [-0.15, -0.1) is 0 Å². The average Bonchev–Trinajstić information content (AvgIpc) is 2.82. The van der Waals surface area contributed by atoms with Crippen LogP contribution < -0.4 is 5.32 Å². The molecule has 1 N–H and O–H groups in total. The van der Waals surface area contributed by atoms with Gasteiger partial charge in [-0.05, 0) is 32.7 Å². The lowest BCUT2D eigenvalue weighted by Crippen LogP contribution is -2.52. The summed E-state index contributed by atoms with van der Waals surface area (Å²) in [6, 6.07) is 0. The standard InChI is InChI=1S/C13H26N2OS/c1-4-15(2)13(8-5-6-9-13)11-14-12(16)7-10-17-3/h4-11H2,1-3H3,(H,14,16). The second-order valence-electron chi connectivity index (χ2n) is 4.97. The SMILES string of the molecule is CCN(C)C1(CNC(=O)CCSC)CCCC1. The normalized spacial score (nSPS) is 18.6. The summed E-state index contributed by atoms with van der Waals surface area (Å²) in [5.74, 6) is 1.12. The van der Waals surface area contributed by atoms with E-state index in [4.69, 9.17) is 0 Å². The van der Waals surface area contributed by atoms with Crippen LogP contribution in [-0.4, -0.2) is 48.5 Å². The third-order valence-electron chi connectivity index (χ3n) is 3.97. The Balaban J connectivity index is 2.42. The Labute approximate surface area is 110 Å². The highest BCUT2D eigenvalue weighted by molar-refractivity contribution is 7.98. The van der Waals surface area contributed by atoms with E-state index in [9.17, 15) is 4.79 Å². The fourth-order valence-electron chi connectivity index (χ4n) is 2.61. The zero-order chi connectivity index (χ0) is 12.7. The number of likely N-dealkylation sites (N-methyl/N-ethyl adjacent to an activating group) is 1. The number of hydrogen-bond donors (Lipinski definition) is 1. The average molecular weight is 258 g/mol. The lowest BCUT2D eigenvalue weighted by atomic mass is 9.95. The van der Waals surface area contributed by atoms with E-state index in [1.807, 2.05) is 6.26 Å². The van der Waals surface area contributed by atoms with Crippen LogP contribution in [-0.2, 0) is 4.79 Å². The molecular formula is C13H26N2OS. The molecule has 0 unspecified atom stereocenters. The second kappa shape index (κ2) is 7.27. The lowest BCUT2D eigenvalue weighted by molar-refractivity contribution is -0.121. The first kappa shape index (κ1) is 14.8. The molecule has 0 bridgehead atoms. The van der Waals surface area contributed by atoms with Crippen molar-refractivity contribution in [3.8, 4) is 0 Å². The number of rotatable bonds is 7. The van der Waals surface area contributed by atoms with Gasteiger partial charge < -0.3 is 5.32 Å². The van der Waals surface area contributed by atoms with Crippen molar-refractivity contribution < 1.29 is 4.79 Å². The molecule has 100 valence electrons. The van der Waals surface area contributed by atoms with Crippen molar-refractivity contribution in [2.75, 3.05) is 32.1 Å². The quantitative estimate of drug-likeness (QED) is 0.759. The highest BCUT2D eigenvalue weighted by atomic mass is 32.2. The minimum atomic E-state index is 0.204. The van der Waals surface area contributed by atoms with Crippen molar-refractivity contribution in [2.24, 2.45) is 0 Å². The highest BCUT2D eigenvalue weighted by Gasteiger charge is 2.36. The van der Waals surface area contributed by atoms with Gasteiger partial charge in [-0.2, -0.15) is 11.8 Å². The van der Waals surface area contributed by atoms with Crippen LogP contribution in [0.4, 0.5) is 0 Å². The van der Waals surface area contributed by atoms with E-state index < -0.39 is 0 Å². The summed E-state index contributed by atoms with van der Waals surface area (Å²) in [6.07, 6.45) is 7.72. The number of carbonyl (C=O) groups excluding carboxylic acids is 1. The number of nitrogens with one attached hydrogen (secondary N) is 1. The van der Waals surface area contributed by atoms with Crippen LogP contribution in [0.5, 0.6) is 0 Å². The van der Waals surface area contributed by atoms with Gasteiger partial charge in [0.25, 0.3) is 0 Å². The topological polar surface area (TPSA) is 32.3 Å². The van der Waals surface area contributed by atoms with E-state index in [0.717, 1.165) is 18.8 Å². The van der Waals surface area contributed by atoms with Gasteiger partial charge in [-0.1, -0.05) is 19.8 Å². The van der Waals surface area contributed by atoms with Crippen LogP contribution in [0.3, 0.4) is 0 Å². The van der Waals surface area contributed by atoms with Crippen LogP contribution in [0.15, 0.2) is 0 Å². The molecule has 0 aromatic rings. The number of nitrogens with zero attached hydrogens (tertiary/aromatic N) is 1. The maximum Gasteiger partial charge on any atom is 0.220 e. The van der Waals surface area contributed by atoms with Crippen LogP contribution in [0.2, 0.25) is 0 Å². The molecule has 0 saturated heterocycles. The highest BCUT2D eigenvalue weighted by Crippen LogP contribution is 2.33. The number of thioether (sulfide) groups is 1. The zero-order valence-corrected chi connectivity index (χ0v) is 12.2. The molecule has 0 aliphatic heterocycles. The van der Waals surface area contributed by atoms with Crippen molar-refractivity contribution in [1.29, 1.82) is 0 Å². The Morgan fingerprint density at radius 1 is 1.41 bits per heavy atom.